The van der Waals surface area contributed by atoms with Gasteiger partial charge in [0.25, 0.3) is 0 Å². The summed E-state index contributed by atoms with van der Waals surface area (Å²) in [5, 5.41) is 3.75. The van der Waals surface area contributed by atoms with Crippen molar-refractivity contribution in [3.8, 4) is 0 Å². The summed E-state index contributed by atoms with van der Waals surface area (Å²) in [5.74, 6) is 2.47. The lowest BCUT2D eigenvalue weighted by atomic mass is 9.90. The molecule has 0 bridgehead atoms. The van der Waals surface area contributed by atoms with Crippen molar-refractivity contribution in [1.29, 1.82) is 0 Å². The molecule has 0 amide bonds. The normalized spacial score (nSPS) is 31.2. The average Bonchev–Trinajstić information content (AvgIpc) is 2.96. The summed E-state index contributed by atoms with van der Waals surface area (Å²) in [6, 6.07) is 2.96. The topological polar surface area (TPSA) is 21.3 Å². The van der Waals surface area contributed by atoms with Crippen molar-refractivity contribution in [1.82, 2.24) is 5.32 Å². The van der Waals surface area contributed by atoms with Crippen molar-refractivity contribution in [2.75, 3.05) is 18.1 Å². The van der Waals surface area contributed by atoms with E-state index in [0.29, 0.717) is 6.04 Å². The molecule has 0 radical (unpaired) electrons. The SMILES string of the molecule is Cc1cc(CNC2CCOC3(CCSC3)C2)sc1C. The highest BCUT2D eigenvalue weighted by atomic mass is 32.2. The van der Waals surface area contributed by atoms with Crippen molar-refractivity contribution >= 4 is 23.1 Å². The van der Waals surface area contributed by atoms with E-state index in [4.69, 9.17) is 4.74 Å². The van der Waals surface area contributed by atoms with Gasteiger partial charge in [0.1, 0.15) is 0 Å². The zero-order valence-electron chi connectivity index (χ0n) is 11.8. The van der Waals surface area contributed by atoms with Crippen LogP contribution in [0.5, 0.6) is 0 Å². The Morgan fingerprint density at radius 2 is 2.37 bits per heavy atom. The lowest BCUT2D eigenvalue weighted by Gasteiger charge is -2.38. The molecule has 4 heteroatoms. The summed E-state index contributed by atoms with van der Waals surface area (Å²) in [4.78, 5) is 2.92. The third-order valence-corrected chi connectivity index (χ3v) is 6.72. The maximum atomic E-state index is 6.07. The summed E-state index contributed by atoms with van der Waals surface area (Å²) in [7, 11) is 0. The van der Waals surface area contributed by atoms with Gasteiger partial charge in [0.05, 0.1) is 5.60 Å². The molecular weight excluding hydrogens is 274 g/mol. The van der Waals surface area contributed by atoms with Gasteiger partial charge in [0, 0.05) is 34.7 Å². The van der Waals surface area contributed by atoms with Gasteiger partial charge in [0.15, 0.2) is 0 Å². The van der Waals surface area contributed by atoms with E-state index < -0.39 is 0 Å². The second-order valence-electron chi connectivity index (χ2n) is 5.86. The van der Waals surface area contributed by atoms with E-state index in [0.717, 1.165) is 19.6 Å². The van der Waals surface area contributed by atoms with E-state index in [1.165, 1.54) is 39.7 Å². The van der Waals surface area contributed by atoms with Gasteiger partial charge >= 0.3 is 0 Å². The highest BCUT2D eigenvalue weighted by Gasteiger charge is 2.40. The molecule has 2 saturated heterocycles. The summed E-state index contributed by atoms with van der Waals surface area (Å²) in [6.45, 7) is 6.37. The number of hydrogen-bond donors (Lipinski definition) is 1. The quantitative estimate of drug-likeness (QED) is 0.922. The largest absolute Gasteiger partial charge is 0.374 e. The van der Waals surface area contributed by atoms with Crippen molar-refractivity contribution < 1.29 is 4.74 Å². The van der Waals surface area contributed by atoms with Crippen molar-refractivity contribution in [2.45, 2.75) is 51.3 Å². The maximum Gasteiger partial charge on any atom is 0.0795 e. The summed E-state index contributed by atoms with van der Waals surface area (Å²) < 4.78 is 6.07. The number of rotatable bonds is 3. The molecule has 19 heavy (non-hydrogen) atoms. The molecular formula is C15H23NOS2. The van der Waals surface area contributed by atoms with Gasteiger partial charge in [-0.1, -0.05) is 0 Å². The minimum absolute atomic E-state index is 0.196. The third-order valence-electron chi connectivity index (χ3n) is 4.34. The van der Waals surface area contributed by atoms with Crippen LogP contribution in [0.3, 0.4) is 0 Å². The first-order chi connectivity index (χ1) is 9.17. The predicted octanol–water partition coefficient (Wildman–Crippen LogP) is 3.51. The minimum atomic E-state index is 0.196. The van der Waals surface area contributed by atoms with Crippen molar-refractivity contribution in [3.05, 3.63) is 21.4 Å². The molecule has 2 aliphatic heterocycles. The molecule has 2 unspecified atom stereocenters. The molecule has 2 aliphatic rings. The van der Waals surface area contributed by atoms with Crippen LogP contribution >= 0.6 is 23.1 Å². The van der Waals surface area contributed by atoms with Gasteiger partial charge in [-0.3, -0.25) is 0 Å². The van der Waals surface area contributed by atoms with E-state index in [9.17, 15) is 0 Å². The molecule has 1 aromatic rings. The van der Waals surface area contributed by atoms with Gasteiger partial charge < -0.3 is 10.1 Å². The first-order valence-electron chi connectivity index (χ1n) is 7.18. The summed E-state index contributed by atoms with van der Waals surface area (Å²) in [6.07, 6.45) is 3.60. The van der Waals surface area contributed by atoms with E-state index in [-0.39, 0.29) is 5.60 Å². The molecule has 0 aliphatic carbocycles. The number of thioether (sulfide) groups is 1. The lowest BCUT2D eigenvalue weighted by Crippen LogP contribution is -2.46. The van der Waals surface area contributed by atoms with E-state index in [1.807, 2.05) is 11.3 Å². The zero-order chi connectivity index (χ0) is 13.3. The van der Waals surface area contributed by atoms with Crippen LogP contribution in [-0.2, 0) is 11.3 Å². The lowest BCUT2D eigenvalue weighted by molar-refractivity contribution is -0.0702. The van der Waals surface area contributed by atoms with Crippen molar-refractivity contribution in [3.63, 3.8) is 0 Å². The van der Waals surface area contributed by atoms with Gasteiger partial charge in [-0.2, -0.15) is 11.8 Å². The Bertz CT molecular complexity index is 418. The Morgan fingerprint density at radius 3 is 3.05 bits per heavy atom. The predicted molar refractivity (Wildman–Crippen MR) is 84.3 cm³/mol. The first kappa shape index (κ1) is 13.9. The standard InChI is InChI=1S/C15H23NOS2/c1-11-7-14(19-12(11)2)9-16-13-3-5-17-15(8-13)4-6-18-10-15/h7,13,16H,3-6,8-10H2,1-2H3. The minimum Gasteiger partial charge on any atom is -0.374 e. The van der Waals surface area contributed by atoms with Crippen LogP contribution in [0.2, 0.25) is 0 Å². The number of ether oxygens (including phenoxy) is 1. The highest BCUT2D eigenvalue weighted by Crippen LogP contribution is 2.38. The second kappa shape index (κ2) is 5.76. The van der Waals surface area contributed by atoms with Gasteiger partial charge in [0.2, 0.25) is 0 Å². The molecule has 1 N–H and O–H groups in total. The van der Waals surface area contributed by atoms with Crippen LogP contribution in [0.4, 0.5) is 0 Å². The Kier molecular flexibility index (Phi) is 4.22. The van der Waals surface area contributed by atoms with Crippen LogP contribution in [0, 0.1) is 13.8 Å². The monoisotopic (exact) mass is 297 g/mol. The molecule has 2 nitrogen and oxygen atoms in total. The molecule has 1 aromatic heterocycles. The number of nitrogens with one attached hydrogen (secondary N) is 1. The number of thiophene rings is 1. The fourth-order valence-electron chi connectivity index (χ4n) is 3.05. The molecule has 0 aromatic carbocycles. The molecule has 106 valence electrons. The molecule has 3 rings (SSSR count). The Morgan fingerprint density at radius 1 is 1.47 bits per heavy atom. The van der Waals surface area contributed by atoms with Gasteiger partial charge in [-0.15, -0.1) is 11.3 Å². The van der Waals surface area contributed by atoms with Crippen molar-refractivity contribution in [2.24, 2.45) is 0 Å². The van der Waals surface area contributed by atoms with E-state index in [1.54, 1.807) is 0 Å². The zero-order valence-corrected chi connectivity index (χ0v) is 13.5. The maximum absolute atomic E-state index is 6.07. The fourth-order valence-corrected chi connectivity index (χ4v) is 5.43. The van der Waals surface area contributed by atoms with Crippen LogP contribution in [-0.4, -0.2) is 29.8 Å². The summed E-state index contributed by atoms with van der Waals surface area (Å²) >= 11 is 3.98. The first-order valence-corrected chi connectivity index (χ1v) is 9.15. The second-order valence-corrected chi connectivity index (χ2v) is 8.30. The molecule has 2 atom stereocenters. The van der Waals surface area contributed by atoms with Gasteiger partial charge in [-0.05, 0) is 50.5 Å². The smallest absolute Gasteiger partial charge is 0.0795 e. The third kappa shape index (κ3) is 3.18. The highest BCUT2D eigenvalue weighted by molar-refractivity contribution is 7.99. The summed E-state index contributed by atoms with van der Waals surface area (Å²) in [5.41, 5.74) is 1.62. The van der Waals surface area contributed by atoms with E-state index in [2.05, 4.69) is 37.0 Å². The fraction of sp³-hybridized carbons (Fsp3) is 0.733. The van der Waals surface area contributed by atoms with Crippen LogP contribution < -0.4 is 5.32 Å². The molecule has 2 fully saturated rings. The average molecular weight is 297 g/mol. The van der Waals surface area contributed by atoms with E-state index >= 15 is 0 Å². The number of hydrogen-bond acceptors (Lipinski definition) is 4. The van der Waals surface area contributed by atoms with Crippen LogP contribution in [0.15, 0.2) is 6.07 Å². The van der Waals surface area contributed by atoms with Gasteiger partial charge in [-0.25, -0.2) is 0 Å². The molecule has 0 saturated carbocycles. The molecule has 3 heterocycles. The van der Waals surface area contributed by atoms with Crippen LogP contribution in [0.1, 0.15) is 34.6 Å². The Hall–Kier alpha value is -0.0300. The Labute approximate surface area is 124 Å². The Balaban J connectivity index is 1.55. The number of aryl methyl sites for hydroxylation is 2. The van der Waals surface area contributed by atoms with Crippen LogP contribution in [0.25, 0.3) is 0 Å². The molecule has 1 spiro atoms.